The number of likely N-dealkylation sites (N-methyl/N-ethyl adjacent to an activating group) is 1. The molecule has 0 saturated heterocycles. The zero-order valence-electron chi connectivity index (χ0n) is 13.7. The van der Waals surface area contributed by atoms with Gasteiger partial charge in [0.15, 0.2) is 0 Å². The number of hydrogen-bond acceptors (Lipinski definition) is 2. The van der Waals surface area contributed by atoms with E-state index in [1.54, 1.807) is 0 Å². The molecule has 0 aromatic heterocycles. The number of hydrogen-bond donors (Lipinski definition) is 0. The fraction of sp³-hybridized carbons (Fsp3) is 0.667. The molecule has 1 aliphatic heterocycles. The molecule has 0 spiro atoms. The summed E-state index contributed by atoms with van der Waals surface area (Å²) in [5.74, 6) is 1.60. The van der Waals surface area contributed by atoms with Gasteiger partial charge in [-0.2, -0.15) is 0 Å². The van der Waals surface area contributed by atoms with Gasteiger partial charge in [-0.25, -0.2) is 0 Å². The van der Waals surface area contributed by atoms with Gasteiger partial charge < -0.3 is 9.64 Å². The van der Waals surface area contributed by atoms with Crippen LogP contribution >= 0.6 is 0 Å². The van der Waals surface area contributed by atoms with E-state index in [2.05, 4.69) is 57.7 Å². The van der Waals surface area contributed by atoms with Gasteiger partial charge in [-0.3, -0.25) is 0 Å². The number of nitrogens with zero attached hydrogens (tertiary/aromatic N) is 1. The molecule has 112 valence electrons. The highest BCUT2D eigenvalue weighted by Crippen LogP contribution is 2.46. The molecule has 1 aliphatic rings. The summed E-state index contributed by atoms with van der Waals surface area (Å²) < 4.78 is 5.93. The van der Waals surface area contributed by atoms with Crippen LogP contribution in [0.3, 0.4) is 0 Å². The summed E-state index contributed by atoms with van der Waals surface area (Å²) in [6.07, 6.45) is 2.39. The molecule has 1 heterocycles. The van der Waals surface area contributed by atoms with Crippen LogP contribution in [0.4, 0.5) is 5.69 Å². The van der Waals surface area contributed by atoms with Crippen molar-refractivity contribution in [2.45, 2.75) is 52.9 Å². The Labute approximate surface area is 124 Å². The highest BCUT2D eigenvalue weighted by Gasteiger charge is 2.39. The van der Waals surface area contributed by atoms with Gasteiger partial charge in [0, 0.05) is 24.2 Å². The summed E-state index contributed by atoms with van der Waals surface area (Å²) in [7, 11) is 0. The van der Waals surface area contributed by atoms with Crippen LogP contribution in [-0.4, -0.2) is 19.7 Å². The molecule has 1 aromatic carbocycles. The van der Waals surface area contributed by atoms with E-state index >= 15 is 0 Å². The van der Waals surface area contributed by atoms with E-state index < -0.39 is 0 Å². The summed E-state index contributed by atoms with van der Waals surface area (Å²) in [6.45, 7) is 14.3. The van der Waals surface area contributed by atoms with Crippen LogP contribution in [0, 0.1) is 5.92 Å². The van der Waals surface area contributed by atoms with Gasteiger partial charge in [-0.05, 0) is 49.4 Å². The Kier molecular flexibility index (Phi) is 4.62. The third kappa shape index (κ3) is 2.65. The van der Waals surface area contributed by atoms with Crippen molar-refractivity contribution < 1.29 is 4.74 Å². The van der Waals surface area contributed by atoms with Crippen LogP contribution < -0.4 is 9.64 Å². The van der Waals surface area contributed by atoms with Crippen LogP contribution in [-0.2, 0) is 5.41 Å². The minimum atomic E-state index is 0.308. The van der Waals surface area contributed by atoms with Crippen LogP contribution in [0.2, 0.25) is 0 Å². The molecule has 0 fully saturated rings. The van der Waals surface area contributed by atoms with E-state index in [1.807, 2.05) is 0 Å². The van der Waals surface area contributed by atoms with E-state index in [0.29, 0.717) is 11.3 Å². The van der Waals surface area contributed by atoms with Crippen LogP contribution in [0.25, 0.3) is 0 Å². The summed E-state index contributed by atoms with van der Waals surface area (Å²) >= 11 is 0. The SMILES string of the molecule is CCN1CC(CC)(CC)c2cc(OCC(C)C)ccc21. The minimum Gasteiger partial charge on any atom is -0.493 e. The van der Waals surface area contributed by atoms with Crippen LogP contribution in [0.5, 0.6) is 5.75 Å². The molecular formula is C18H29NO. The second-order valence-electron chi connectivity index (χ2n) is 6.39. The van der Waals surface area contributed by atoms with Gasteiger partial charge in [0.2, 0.25) is 0 Å². The average molecular weight is 275 g/mol. The van der Waals surface area contributed by atoms with Gasteiger partial charge in [-0.15, -0.1) is 0 Å². The highest BCUT2D eigenvalue weighted by atomic mass is 16.5. The smallest absolute Gasteiger partial charge is 0.119 e. The Morgan fingerprint density at radius 3 is 2.45 bits per heavy atom. The third-order valence-corrected chi connectivity index (χ3v) is 4.69. The van der Waals surface area contributed by atoms with Crippen LogP contribution in [0.15, 0.2) is 18.2 Å². The summed E-state index contributed by atoms with van der Waals surface area (Å²) in [5, 5.41) is 0. The number of anilines is 1. The third-order valence-electron chi connectivity index (χ3n) is 4.69. The van der Waals surface area contributed by atoms with E-state index in [0.717, 1.165) is 25.4 Å². The lowest BCUT2D eigenvalue weighted by atomic mass is 9.77. The number of fused-ring (bicyclic) bond motifs is 1. The molecule has 0 N–H and O–H groups in total. The second kappa shape index (κ2) is 6.07. The number of ether oxygens (including phenoxy) is 1. The molecule has 0 unspecified atom stereocenters. The number of rotatable bonds is 6. The summed E-state index contributed by atoms with van der Waals surface area (Å²) in [6, 6.07) is 6.67. The van der Waals surface area contributed by atoms with Crippen molar-refractivity contribution in [3.8, 4) is 5.75 Å². The van der Waals surface area contributed by atoms with E-state index in [-0.39, 0.29) is 0 Å². The van der Waals surface area contributed by atoms with E-state index in [9.17, 15) is 0 Å². The van der Waals surface area contributed by atoms with Crippen molar-refractivity contribution in [1.29, 1.82) is 0 Å². The first-order valence-electron chi connectivity index (χ1n) is 8.08. The Balaban J connectivity index is 2.34. The Morgan fingerprint density at radius 1 is 1.20 bits per heavy atom. The lowest BCUT2D eigenvalue weighted by molar-refractivity contribution is 0.270. The molecule has 0 atom stereocenters. The fourth-order valence-corrected chi connectivity index (χ4v) is 3.24. The van der Waals surface area contributed by atoms with Crippen molar-refractivity contribution >= 4 is 5.69 Å². The first kappa shape index (κ1) is 15.2. The predicted molar refractivity (Wildman–Crippen MR) is 86.9 cm³/mol. The standard InChI is InChI=1S/C18H29NO/c1-6-18(7-2)13-19(8-3)17-10-9-15(11-16(17)18)20-12-14(4)5/h9-11,14H,6-8,12-13H2,1-5H3. The largest absolute Gasteiger partial charge is 0.493 e. The van der Waals surface area contributed by atoms with Crippen molar-refractivity contribution in [3.05, 3.63) is 23.8 Å². The summed E-state index contributed by atoms with van der Waals surface area (Å²) in [4.78, 5) is 2.51. The Hall–Kier alpha value is -1.18. The monoisotopic (exact) mass is 275 g/mol. The first-order chi connectivity index (χ1) is 9.56. The topological polar surface area (TPSA) is 12.5 Å². The normalized spacial score (nSPS) is 16.6. The van der Waals surface area contributed by atoms with Gasteiger partial charge in [0.1, 0.15) is 5.75 Å². The minimum absolute atomic E-state index is 0.308. The molecule has 0 amide bonds. The lowest BCUT2D eigenvalue weighted by Gasteiger charge is -2.28. The van der Waals surface area contributed by atoms with Crippen molar-refractivity contribution in [3.63, 3.8) is 0 Å². The molecule has 2 nitrogen and oxygen atoms in total. The maximum atomic E-state index is 5.93. The quantitative estimate of drug-likeness (QED) is 0.751. The highest BCUT2D eigenvalue weighted by molar-refractivity contribution is 5.64. The molecule has 2 rings (SSSR count). The molecule has 20 heavy (non-hydrogen) atoms. The van der Waals surface area contributed by atoms with Crippen molar-refractivity contribution in [2.75, 3.05) is 24.6 Å². The lowest BCUT2D eigenvalue weighted by Crippen LogP contribution is -2.32. The zero-order chi connectivity index (χ0) is 14.8. The summed E-state index contributed by atoms with van der Waals surface area (Å²) in [5.41, 5.74) is 3.21. The molecule has 0 saturated carbocycles. The molecule has 0 aliphatic carbocycles. The van der Waals surface area contributed by atoms with Gasteiger partial charge in [-0.1, -0.05) is 27.7 Å². The van der Waals surface area contributed by atoms with Gasteiger partial charge in [0.25, 0.3) is 0 Å². The fourth-order valence-electron chi connectivity index (χ4n) is 3.24. The molecular weight excluding hydrogens is 246 g/mol. The molecule has 0 radical (unpaired) electrons. The maximum Gasteiger partial charge on any atom is 0.119 e. The number of benzene rings is 1. The van der Waals surface area contributed by atoms with E-state index in [1.165, 1.54) is 24.1 Å². The average Bonchev–Trinajstić information content (AvgIpc) is 2.79. The Bertz CT molecular complexity index is 449. The molecule has 0 bridgehead atoms. The second-order valence-corrected chi connectivity index (χ2v) is 6.39. The van der Waals surface area contributed by atoms with Crippen molar-refractivity contribution in [1.82, 2.24) is 0 Å². The van der Waals surface area contributed by atoms with E-state index in [4.69, 9.17) is 4.74 Å². The van der Waals surface area contributed by atoms with Gasteiger partial charge >= 0.3 is 0 Å². The molecule has 2 heteroatoms. The van der Waals surface area contributed by atoms with Crippen LogP contribution in [0.1, 0.15) is 53.0 Å². The molecule has 1 aromatic rings. The first-order valence-corrected chi connectivity index (χ1v) is 8.08. The predicted octanol–water partition coefficient (Wildman–Crippen LogP) is 4.62. The zero-order valence-corrected chi connectivity index (χ0v) is 13.7. The van der Waals surface area contributed by atoms with Crippen molar-refractivity contribution in [2.24, 2.45) is 5.92 Å². The Morgan fingerprint density at radius 2 is 1.90 bits per heavy atom. The van der Waals surface area contributed by atoms with Gasteiger partial charge in [0.05, 0.1) is 6.61 Å². The maximum absolute atomic E-state index is 5.93.